The Morgan fingerprint density at radius 2 is 0.947 bits per heavy atom. The zero-order chi connectivity index (χ0) is 43.0. The van der Waals surface area contributed by atoms with Gasteiger partial charge in [0.15, 0.2) is 0 Å². The maximum atomic E-state index is 11.9. The fourth-order valence-corrected chi connectivity index (χ4v) is 4.20. The van der Waals surface area contributed by atoms with Gasteiger partial charge in [0.05, 0.1) is 31.8 Å². The van der Waals surface area contributed by atoms with Gasteiger partial charge in [0.25, 0.3) is 0 Å². The van der Waals surface area contributed by atoms with Crippen LogP contribution in [0.4, 0.5) is 0 Å². The van der Waals surface area contributed by atoms with E-state index in [1.54, 1.807) is 19.1 Å². The molecule has 0 amide bonds. The van der Waals surface area contributed by atoms with E-state index in [1.165, 1.54) is 13.8 Å². The molecule has 0 heterocycles. The van der Waals surface area contributed by atoms with Gasteiger partial charge in [-0.2, -0.15) is 0 Å². The van der Waals surface area contributed by atoms with Crippen LogP contribution in [0.15, 0.2) is 72.8 Å². The summed E-state index contributed by atoms with van der Waals surface area (Å²) < 4.78 is 35.1. The third-order valence-corrected chi connectivity index (χ3v) is 7.45. The molecule has 2 aromatic carbocycles. The van der Waals surface area contributed by atoms with Gasteiger partial charge in [-0.3, -0.25) is 19.2 Å². The number of aliphatic hydroxyl groups excluding tert-OH is 2. The van der Waals surface area contributed by atoms with E-state index in [9.17, 15) is 39.0 Å². The second-order valence-electron chi connectivity index (χ2n) is 13.1. The van der Waals surface area contributed by atoms with Gasteiger partial charge in [0, 0.05) is 16.6 Å². The lowest BCUT2D eigenvalue weighted by molar-refractivity contribution is -0.154. The summed E-state index contributed by atoms with van der Waals surface area (Å²) in [5.74, 6) is -2.88. The first-order valence-electron chi connectivity index (χ1n) is 18.0. The van der Waals surface area contributed by atoms with Crippen LogP contribution < -0.4 is 9.47 Å². The average molecular weight is 803 g/mol. The quantitative estimate of drug-likeness (QED) is 0.0590. The van der Waals surface area contributed by atoms with Crippen molar-refractivity contribution < 1.29 is 77.2 Å². The smallest absolute Gasteiger partial charge is 0.333 e. The molecular weight excluding hydrogens is 748 g/mol. The molecule has 314 valence electrons. The molecule has 0 aromatic heterocycles. The summed E-state index contributed by atoms with van der Waals surface area (Å²) >= 11 is 0. The van der Waals surface area contributed by atoms with Crippen LogP contribution in [0.3, 0.4) is 0 Å². The lowest BCUT2D eigenvalue weighted by Crippen LogP contribution is -2.25. The summed E-state index contributed by atoms with van der Waals surface area (Å²) in [4.78, 5) is 66.6. The van der Waals surface area contributed by atoms with Crippen molar-refractivity contribution in [1.29, 1.82) is 0 Å². The summed E-state index contributed by atoms with van der Waals surface area (Å²) in [6, 6.07) is 15.3. The first kappa shape index (κ1) is 49.3. The minimum absolute atomic E-state index is 0.0650. The number of carbonyl (C=O) groups is 6. The highest BCUT2D eigenvalue weighted by molar-refractivity contribution is 5.87. The Labute approximate surface area is 332 Å². The number of benzene rings is 2. The topological polar surface area (TPSA) is 228 Å². The molecule has 0 aliphatic carbocycles. The normalized spacial score (nSPS) is 11.6. The number of hydrogen-bond donors (Lipinski definition) is 3. The Bertz CT molecular complexity index is 1630. The molecule has 0 radical (unpaired) electrons. The fourth-order valence-electron chi connectivity index (χ4n) is 4.20. The molecule has 0 bridgehead atoms. The van der Waals surface area contributed by atoms with Gasteiger partial charge in [-0.15, -0.1) is 0 Å². The van der Waals surface area contributed by atoms with Crippen molar-refractivity contribution in [2.24, 2.45) is 0 Å². The first-order valence-corrected chi connectivity index (χ1v) is 18.0. The van der Waals surface area contributed by atoms with Crippen LogP contribution in [0.1, 0.15) is 71.4 Å². The van der Waals surface area contributed by atoms with E-state index < -0.39 is 48.0 Å². The van der Waals surface area contributed by atoms with Crippen LogP contribution in [-0.2, 0) is 57.9 Å². The fraction of sp³-hybridized carbons (Fsp3) is 0.463. The van der Waals surface area contributed by atoms with Crippen molar-refractivity contribution in [3.8, 4) is 11.5 Å². The van der Waals surface area contributed by atoms with E-state index >= 15 is 0 Å². The lowest BCUT2D eigenvalue weighted by Gasteiger charge is -2.26. The summed E-state index contributed by atoms with van der Waals surface area (Å²) in [6.07, 6.45) is -2.48. The monoisotopic (exact) mass is 802 g/mol. The van der Waals surface area contributed by atoms with Crippen LogP contribution in [0.2, 0.25) is 0 Å². The van der Waals surface area contributed by atoms with Crippen molar-refractivity contribution in [1.82, 2.24) is 0 Å². The number of hydrogen-bond acceptors (Lipinski definition) is 15. The van der Waals surface area contributed by atoms with Crippen molar-refractivity contribution in [2.45, 2.75) is 77.9 Å². The van der Waals surface area contributed by atoms with E-state index in [4.69, 9.17) is 28.8 Å². The Kier molecular flexibility index (Phi) is 22.6. The Morgan fingerprint density at radius 1 is 0.579 bits per heavy atom. The molecule has 0 saturated heterocycles. The van der Waals surface area contributed by atoms with E-state index in [1.807, 2.05) is 36.4 Å². The standard InChI is InChI=1S/C31H40O10.C10H14O6/c1-21(2)30(36)38-17-16-37-28(34)14-15-29(35)41-20-25(33)19-40-27-12-8-24(9-13-27)31(4,5)23-6-10-26(11-7-23)39-18-22(3)32;1-7(2)10(14)16-6-5-15-9(13)4-3-8(11)12/h6-13,22,25,32-33H,1,14-20H2,2-5H3;1,3-6H2,2H3,(H,11,12). The number of aliphatic carboxylic acids is 1. The maximum Gasteiger partial charge on any atom is 0.333 e. The second kappa shape index (κ2) is 26.2. The van der Waals surface area contributed by atoms with Crippen LogP contribution in [-0.4, -0.2) is 110 Å². The number of rotatable bonds is 24. The molecule has 2 rings (SSSR count). The summed E-state index contributed by atoms with van der Waals surface area (Å²) in [6.45, 7) is 15.2. The third-order valence-electron chi connectivity index (χ3n) is 7.45. The molecule has 0 fully saturated rings. The van der Waals surface area contributed by atoms with Gasteiger partial charge in [-0.1, -0.05) is 51.3 Å². The largest absolute Gasteiger partial charge is 0.491 e. The van der Waals surface area contributed by atoms with E-state index in [-0.39, 0.29) is 88.5 Å². The second-order valence-corrected chi connectivity index (χ2v) is 13.1. The molecule has 2 aromatic rings. The van der Waals surface area contributed by atoms with Crippen molar-refractivity contribution in [3.63, 3.8) is 0 Å². The summed E-state index contributed by atoms with van der Waals surface area (Å²) in [5.41, 5.74) is 2.36. The van der Waals surface area contributed by atoms with E-state index in [2.05, 4.69) is 36.5 Å². The molecule has 16 nitrogen and oxygen atoms in total. The summed E-state index contributed by atoms with van der Waals surface area (Å²) in [5, 5.41) is 27.8. The number of ether oxygens (including phenoxy) is 7. The minimum Gasteiger partial charge on any atom is -0.491 e. The predicted octanol–water partition coefficient (Wildman–Crippen LogP) is 4.01. The van der Waals surface area contributed by atoms with Crippen molar-refractivity contribution in [3.05, 3.63) is 84.0 Å². The zero-order valence-corrected chi connectivity index (χ0v) is 33.1. The number of carboxylic acids is 1. The Hall–Kier alpha value is -5.74. The van der Waals surface area contributed by atoms with Gasteiger partial charge in [-0.25, -0.2) is 9.59 Å². The number of carbonyl (C=O) groups excluding carboxylic acids is 5. The van der Waals surface area contributed by atoms with Crippen molar-refractivity contribution in [2.75, 3.05) is 46.2 Å². The Balaban J connectivity index is 0.000000852. The molecular formula is C41H54O16. The average Bonchev–Trinajstić information content (AvgIpc) is 3.17. The van der Waals surface area contributed by atoms with Crippen LogP contribution in [0.5, 0.6) is 11.5 Å². The first-order chi connectivity index (χ1) is 26.8. The highest BCUT2D eigenvalue weighted by Crippen LogP contribution is 2.33. The molecule has 3 N–H and O–H groups in total. The highest BCUT2D eigenvalue weighted by Gasteiger charge is 2.23. The van der Waals surface area contributed by atoms with E-state index in [0.29, 0.717) is 11.5 Å². The lowest BCUT2D eigenvalue weighted by atomic mass is 9.78. The van der Waals surface area contributed by atoms with Crippen LogP contribution >= 0.6 is 0 Å². The van der Waals surface area contributed by atoms with Crippen LogP contribution in [0, 0.1) is 0 Å². The SMILES string of the molecule is C=C(C)C(=O)OCCOC(=O)CCC(=O)O.C=C(C)C(=O)OCCOC(=O)CCC(=O)OCC(O)COc1ccc(C(C)(C)c2ccc(OCC(C)O)cc2)cc1. The molecule has 0 saturated carbocycles. The van der Waals surface area contributed by atoms with Gasteiger partial charge in [0.2, 0.25) is 0 Å². The van der Waals surface area contributed by atoms with Gasteiger partial charge in [-0.05, 0) is 56.2 Å². The highest BCUT2D eigenvalue weighted by atomic mass is 16.6. The zero-order valence-electron chi connectivity index (χ0n) is 33.1. The predicted molar refractivity (Wildman–Crippen MR) is 204 cm³/mol. The minimum atomic E-state index is -1.06. The van der Waals surface area contributed by atoms with Crippen molar-refractivity contribution >= 4 is 35.8 Å². The summed E-state index contributed by atoms with van der Waals surface area (Å²) in [7, 11) is 0. The molecule has 2 unspecified atom stereocenters. The molecule has 16 heteroatoms. The van der Waals surface area contributed by atoms with Gasteiger partial charge < -0.3 is 48.5 Å². The Morgan fingerprint density at radius 3 is 1.33 bits per heavy atom. The third kappa shape index (κ3) is 21.8. The van der Waals surface area contributed by atoms with Gasteiger partial charge in [0.1, 0.15) is 63.9 Å². The maximum absolute atomic E-state index is 11.9. The molecule has 2 atom stereocenters. The van der Waals surface area contributed by atoms with E-state index in [0.717, 1.165) is 11.1 Å². The van der Waals surface area contributed by atoms with Gasteiger partial charge >= 0.3 is 35.8 Å². The number of aliphatic hydroxyl groups is 2. The number of carboxylic acid groups (broad SMARTS) is 1. The molecule has 0 spiro atoms. The number of esters is 5. The van der Waals surface area contributed by atoms with Crippen LogP contribution in [0.25, 0.3) is 0 Å². The molecule has 57 heavy (non-hydrogen) atoms. The molecule has 0 aliphatic heterocycles. The molecule has 0 aliphatic rings.